The molecule has 2 rings (SSSR count). The lowest BCUT2D eigenvalue weighted by Crippen LogP contribution is -2.38. The van der Waals surface area contributed by atoms with Crippen molar-refractivity contribution in [2.75, 3.05) is 18.9 Å². The van der Waals surface area contributed by atoms with Crippen molar-refractivity contribution in [2.45, 2.75) is 33.1 Å². The van der Waals surface area contributed by atoms with Crippen LogP contribution in [0.4, 0.5) is 5.69 Å². The van der Waals surface area contributed by atoms with Crippen LogP contribution in [0, 0.1) is 11.3 Å². The van der Waals surface area contributed by atoms with Gasteiger partial charge in [0.05, 0.1) is 12.2 Å². The Kier molecular flexibility index (Phi) is 4.53. The van der Waals surface area contributed by atoms with Crippen LogP contribution in [0.3, 0.4) is 0 Å². The van der Waals surface area contributed by atoms with Gasteiger partial charge in [0.25, 0.3) is 0 Å². The number of rotatable bonds is 5. The Morgan fingerprint density at radius 3 is 2.85 bits per heavy atom. The summed E-state index contributed by atoms with van der Waals surface area (Å²) in [6.45, 7) is 5.30. The molecule has 110 valence electrons. The maximum Gasteiger partial charge on any atom is 0.223 e. The summed E-state index contributed by atoms with van der Waals surface area (Å²) in [5.41, 5.74) is 6.53. The molecule has 20 heavy (non-hydrogen) atoms. The minimum Gasteiger partial charge on any atom is -0.490 e. The minimum absolute atomic E-state index is 0.120. The molecule has 0 aliphatic heterocycles. The number of carbonyl (C=O) groups is 1. The van der Waals surface area contributed by atoms with Crippen LogP contribution in [0.5, 0.6) is 5.75 Å². The van der Waals surface area contributed by atoms with Crippen molar-refractivity contribution in [3.63, 3.8) is 0 Å². The van der Waals surface area contributed by atoms with Crippen molar-refractivity contribution >= 4 is 11.6 Å². The highest BCUT2D eigenvalue weighted by molar-refractivity contribution is 5.79. The van der Waals surface area contributed by atoms with Crippen LogP contribution in [-0.4, -0.2) is 19.1 Å². The van der Waals surface area contributed by atoms with Gasteiger partial charge in [-0.2, -0.15) is 0 Å². The van der Waals surface area contributed by atoms with Crippen molar-refractivity contribution in [3.8, 4) is 5.75 Å². The van der Waals surface area contributed by atoms with E-state index in [1.54, 1.807) is 6.07 Å². The van der Waals surface area contributed by atoms with E-state index < -0.39 is 0 Å². The summed E-state index contributed by atoms with van der Waals surface area (Å²) >= 11 is 0. The molecule has 0 aromatic heterocycles. The van der Waals surface area contributed by atoms with Crippen LogP contribution in [0.2, 0.25) is 0 Å². The van der Waals surface area contributed by atoms with Crippen LogP contribution in [0.25, 0.3) is 0 Å². The lowest BCUT2D eigenvalue weighted by Gasteiger charge is -2.25. The average molecular weight is 276 g/mol. The molecule has 0 radical (unpaired) electrons. The second kappa shape index (κ2) is 6.16. The Hall–Kier alpha value is -1.71. The van der Waals surface area contributed by atoms with Gasteiger partial charge in [0.1, 0.15) is 12.4 Å². The predicted molar refractivity (Wildman–Crippen MR) is 80.5 cm³/mol. The molecule has 4 nitrogen and oxygen atoms in total. The predicted octanol–water partition coefficient (Wildman–Crippen LogP) is 2.59. The number of hydrogen-bond donors (Lipinski definition) is 2. The molecule has 1 atom stereocenters. The van der Waals surface area contributed by atoms with Crippen molar-refractivity contribution in [3.05, 3.63) is 24.3 Å². The third kappa shape index (κ3) is 3.44. The Balaban J connectivity index is 1.74. The molecular weight excluding hydrogens is 252 g/mol. The zero-order valence-corrected chi connectivity index (χ0v) is 12.3. The number of nitrogen functional groups attached to an aromatic ring is 1. The summed E-state index contributed by atoms with van der Waals surface area (Å²) in [4.78, 5) is 12.1. The molecule has 1 fully saturated rings. The first kappa shape index (κ1) is 14.7. The highest BCUT2D eigenvalue weighted by Crippen LogP contribution is 2.42. The van der Waals surface area contributed by atoms with Gasteiger partial charge in [-0.1, -0.05) is 32.4 Å². The number of para-hydroxylation sites is 2. The lowest BCUT2D eigenvalue weighted by atomic mass is 9.81. The molecule has 0 bridgehead atoms. The second-order valence-electron chi connectivity index (χ2n) is 6.11. The Morgan fingerprint density at radius 2 is 2.20 bits per heavy atom. The third-order valence-corrected chi connectivity index (χ3v) is 4.15. The van der Waals surface area contributed by atoms with Gasteiger partial charge in [-0.15, -0.1) is 0 Å². The van der Waals surface area contributed by atoms with Crippen molar-refractivity contribution in [2.24, 2.45) is 11.3 Å². The molecular formula is C16H24N2O2. The van der Waals surface area contributed by atoms with E-state index in [1.165, 1.54) is 0 Å². The van der Waals surface area contributed by atoms with Crippen molar-refractivity contribution < 1.29 is 9.53 Å². The molecule has 1 unspecified atom stereocenters. The molecule has 4 heteroatoms. The first-order valence-corrected chi connectivity index (χ1v) is 7.26. The summed E-state index contributed by atoms with van der Waals surface area (Å²) in [5, 5.41) is 2.97. The molecule has 1 saturated carbocycles. The summed E-state index contributed by atoms with van der Waals surface area (Å²) in [6, 6.07) is 7.38. The molecule has 1 aliphatic carbocycles. The zero-order valence-electron chi connectivity index (χ0n) is 12.3. The van der Waals surface area contributed by atoms with Gasteiger partial charge in [-0.05, 0) is 30.4 Å². The number of nitrogens with two attached hydrogens (primary N) is 1. The molecule has 0 heterocycles. The maximum atomic E-state index is 12.1. The maximum absolute atomic E-state index is 12.1. The van der Waals surface area contributed by atoms with Crippen LogP contribution < -0.4 is 15.8 Å². The van der Waals surface area contributed by atoms with Crippen LogP contribution >= 0.6 is 0 Å². The van der Waals surface area contributed by atoms with E-state index in [0.717, 1.165) is 19.3 Å². The highest BCUT2D eigenvalue weighted by atomic mass is 16.5. The molecule has 1 aromatic carbocycles. The van der Waals surface area contributed by atoms with Gasteiger partial charge in [-0.3, -0.25) is 4.79 Å². The van der Waals surface area contributed by atoms with Gasteiger partial charge in [-0.25, -0.2) is 0 Å². The van der Waals surface area contributed by atoms with Gasteiger partial charge < -0.3 is 15.8 Å². The molecule has 1 aliphatic rings. The molecule has 0 spiro atoms. The zero-order chi connectivity index (χ0) is 14.6. The SMILES string of the molecule is CC1(C)CCCC1C(=O)NCCOc1ccccc1N. The van der Waals surface area contributed by atoms with Crippen LogP contribution in [0.15, 0.2) is 24.3 Å². The van der Waals surface area contributed by atoms with E-state index in [2.05, 4.69) is 19.2 Å². The van der Waals surface area contributed by atoms with Gasteiger partial charge in [0, 0.05) is 5.92 Å². The number of amides is 1. The average Bonchev–Trinajstić information content (AvgIpc) is 2.76. The third-order valence-electron chi connectivity index (χ3n) is 4.15. The molecule has 1 amide bonds. The summed E-state index contributed by atoms with van der Waals surface area (Å²) in [6.07, 6.45) is 3.26. The summed E-state index contributed by atoms with van der Waals surface area (Å²) in [7, 11) is 0. The van der Waals surface area contributed by atoms with E-state index in [1.807, 2.05) is 18.2 Å². The Morgan fingerprint density at radius 1 is 1.45 bits per heavy atom. The van der Waals surface area contributed by atoms with Crippen molar-refractivity contribution in [1.29, 1.82) is 0 Å². The molecule has 3 N–H and O–H groups in total. The molecule has 0 saturated heterocycles. The molecule has 1 aromatic rings. The number of benzene rings is 1. The quantitative estimate of drug-likeness (QED) is 0.642. The normalized spacial score (nSPS) is 20.6. The Bertz CT molecular complexity index is 471. The number of ether oxygens (including phenoxy) is 1. The lowest BCUT2D eigenvalue weighted by molar-refractivity contribution is -0.127. The summed E-state index contributed by atoms with van der Waals surface area (Å²) < 4.78 is 5.56. The van der Waals surface area contributed by atoms with E-state index >= 15 is 0 Å². The number of nitrogens with one attached hydrogen (secondary N) is 1. The van der Waals surface area contributed by atoms with E-state index in [9.17, 15) is 4.79 Å². The van der Waals surface area contributed by atoms with E-state index in [-0.39, 0.29) is 17.2 Å². The minimum atomic E-state index is 0.120. The standard InChI is InChI=1S/C16H24N2O2/c1-16(2)9-5-6-12(16)15(19)18-10-11-20-14-8-4-3-7-13(14)17/h3-4,7-8,12H,5-6,9-11,17H2,1-2H3,(H,18,19). The van der Waals surface area contributed by atoms with E-state index in [0.29, 0.717) is 24.6 Å². The number of carbonyl (C=O) groups excluding carboxylic acids is 1. The van der Waals surface area contributed by atoms with Crippen molar-refractivity contribution in [1.82, 2.24) is 5.32 Å². The number of hydrogen-bond acceptors (Lipinski definition) is 3. The topological polar surface area (TPSA) is 64.3 Å². The number of anilines is 1. The fourth-order valence-corrected chi connectivity index (χ4v) is 2.88. The summed E-state index contributed by atoms with van der Waals surface area (Å²) in [5.74, 6) is 0.948. The van der Waals surface area contributed by atoms with Crippen LogP contribution in [-0.2, 0) is 4.79 Å². The van der Waals surface area contributed by atoms with E-state index in [4.69, 9.17) is 10.5 Å². The second-order valence-corrected chi connectivity index (χ2v) is 6.11. The monoisotopic (exact) mass is 276 g/mol. The largest absolute Gasteiger partial charge is 0.490 e. The fraction of sp³-hybridized carbons (Fsp3) is 0.562. The van der Waals surface area contributed by atoms with Gasteiger partial charge >= 0.3 is 0 Å². The van der Waals surface area contributed by atoms with Gasteiger partial charge in [0.15, 0.2) is 0 Å². The fourth-order valence-electron chi connectivity index (χ4n) is 2.88. The highest BCUT2D eigenvalue weighted by Gasteiger charge is 2.38. The first-order chi connectivity index (χ1) is 9.50. The Labute approximate surface area is 120 Å². The first-order valence-electron chi connectivity index (χ1n) is 7.26. The smallest absolute Gasteiger partial charge is 0.223 e. The van der Waals surface area contributed by atoms with Crippen LogP contribution in [0.1, 0.15) is 33.1 Å². The van der Waals surface area contributed by atoms with Gasteiger partial charge in [0.2, 0.25) is 5.91 Å².